The van der Waals surface area contributed by atoms with Crippen molar-refractivity contribution in [2.24, 2.45) is 11.8 Å². The highest BCUT2D eigenvalue weighted by Crippen LogP contribution is 2.68. The van der Waals surface area contributed by atoms with Gasteiger partial charge in [0.15, 0.2) is 0 Å². The van der Waals surface area contributed by atoms with Crippen LogP contribution < -0.4 is 0 Å². The molecule has 0 radical (unpaired) electrons. The van der Waals surface area contributed by atoms with Gasteiger partial charge in [-0.25, -0.2) is 0 Å². The summed E-state index contributed by atoms with van der Waals surface area (Å²) < 4.78 is 1.45. The average Bonchev–Trinajstić information content (AvgIpc) is 3.45. The van der Waals surface area contributed by atoms with E-state index in [2.05, 4.69) is 12.2 Å². The second-order valence-electron chi connectivity index (χ2n) is 7.72. The first-order valence-electron chi connectivity index (χ1n) is 9.09. The predicted molar refractivity (Wildman–Crippen MR) is 99.5 cm³/mol. The van der Waals surface area contributed by atoms with Crippen molar-refractivity contribution in [2.75, 3.05) is 0 Å². The zero-order chi connectivity index (χ0) is 18.4. The number of hydrogen-bond donors (Lipinski definition) is 2. The van der Waals surface area contributed by atoms with Gasteiger partial charge in [0.2, 0.25) is 11.8 Å². The van der Waals surface area contributed by atoms with E-state index in [0.717, 1.165) is 17.5 Å². The summed E-state index contributed by atoms with van der Waals surface area (Å²) in [6.07, 6.45) is 5.44. The van der Waals surface area contributed by atoms with Crippen LogP contribution in [0.2, 0.25) is 0 Å². The van der Waals surface area contributed by atoms with Gasteiger partial charge in [0.25, 0.3) is 5.69 Å². The van der Waals surface area contributed by atoms with Gasteiger partial charge in [0, 0.05) is 34.4 Å². The van der Waals surface area contributed by atoms with Gasteiger partial charge in [-0.3, -0.25) is 14.7 Å². The largest absolute Gasteiger partial charge is 0.494 e. The van der Waals surface area contributed by atoms with Gasteiger partial charge < -0.3 is 10.2 Å². The molecule has 0 saturated heterocycles. The number of nitro groups is 1. The number of aromatic hydroxyl groups is 2. The van der Waals surface area contributed by atoms with Crippen LogP contribution in [-0.4, -0.2) is 19.7 Å². The molecule has 1 saturated carbocycles. The molecule has 27 heavy (non-hydrogen) atoms. The third kappa shape index (κ3) is 1.70. The second-order valence-corrected chi connectivity index (χ2v) is 7.72. The molecule has 0 amide bonds. The monoisotopic (exact) mass is 360 g/mol. The van der Waals surface area contributed by atoms with E-state index < -0.39 is 4.92 Å². The summed E-state index contributed by atoms with van der Waals surface area (Å²) in [4.78, 5) is 11.0. The summed E-state index contributed by atoms with van der Waals surface area (Å²) in [6, 6.07) is 10.0. The molecule has 6 heteroatoms. The fourth-order valence-corrected chi connectivity index (χ4v) is 5.30. The minimum Gasteiger partial charge on any atom is -0.494 e. The van der Waals surface area contributed by atoms with Crippen LogP contribution in [0, 0.1) is 22.0 Å². The molecule has 4 aliphatic rings. The zero-order valence-corrected chi connectivity index (χ0v) is 14.2. The molecule has 1 heterocycles. The number of benzene rings is 2. The standard InChI is InChI=1S/C21H16N2O4/c24-20-18-12-5-6-13(15-9-14(12)15)19(18)21(25)22(20)16-7-8-17(23(26)27)11-4-2-1-3-10(11)16/h1-8,12-15,24-25H,9H2/t12-,13-,14-,15+/m1/s1. The first-order chi connectivity index (χ1) is 13.1. The minimum absolute atomic E-state index is 0.00762. The van der Waals surface area contributed by atoms with Crippen LogP contribution in [0.1, 0.15) is 29.4 Å². The molecule has 0 unspecified atom stereocenters. The molecule has 3 aromatic rings. The average molecular weight is 360 g/mol. The maximum atomic E-state index is 11.4. The van der Waals surface area contributed by atoms with Gasteiger partial charge in [-0.15, -0.1) is 0 Å². The van der Waals surface area contributed by atoms with Gasteiger partial charge in [0.05, 0.1) is 16.0 Å². The number of hydrogen-bond acceptors (Lipinski definition) is 4. The molecular formula is C21H16N2O4. The summed E-state index contributed by atoms with van der Waals surface area (Å²) in [6.45, 7) is 0. The van der Waals surface area contributed by atoms with E-state index in [4.69, 9.17) is 0 Å². The van der Waals surface area contributed by atoms with Crippen molar-refractivity contribution in [3.63, 3.8) is 0 Å². The molecular weight excluding hydrogens is 344 g/mol. The summed E-state index contributed by atoms with van der Waals surface area (Å²) in [7, 11) is 0. The Morgan fingerprint density at radius 2 is 1.52 bits per heavy atom. The van der Waals surface area contributed by atoms with Crippen LogP contribution in [0.4, 0.5) is 5.69 Å². The van der Waals surface area contributed by atoms with E-state index in [-0.39, 0.29) is 29.3 Å². The lowest BCUT2D eigenvalue weighted by atomic mass is 9.73. The van der Waals surface area contributed by atoms with Crippen LogP contribution in [0.3, 0.4) is 0 Å². The van der Waals surface area contributed by atoms with Crippen molar-refractivity contribution >= 4 is 16.5 Å². The fourth-order valence-electron chi connectivity index (χ4n) is 5.30. The van der Waals surface area contributed by atoms with Crippen molar-refractivity contribution in [1.29, 1.82) is 0 Å². The van der Waals surface area contributed by atoms with E-state index in [9.17, 15) is 20.3 Å². The van der Waals surface area contributed by atoms with E-state index in [1.807, 2.05) is 0 Å². The maximum Gasteiger partial charge on any atom is 0.277 e. The number of nitro benzene ring substituents is 1. The Labute approximate surface area is 154 Å². The molecule has 4 aliphatic carbocycles. The van der Waals surface area contributed by atoms with Gasteiger partial charge in [-0.1, -0.05) is 30.4 Å². The predicted octanol–water partition coefficient (Wildman–Crippen LogP) is 4.34. The maximum absolute atomic E-state index is 11.4. The van der Waals surface area contributed by atoms with Gasteiger partial charge >= 0.3 is 0 Å². The number of nitrogens with zero attached hydrogens (tertiary/aromatic N) is 2. The van der Waals surface area contributed by atoms with E-state index in [1.165, 1.54) is 10.6 Å². The molecule has 0 aliphatic heterocycles. The molecule has 2 N–H and O–H groups in total. The Bertz CT molecular complexity index is 1150. The second kappa shape index (κ2) is 4.71. The van der Waals surface area contributed by atoms with Crippen molar-refractivity contribution < 1.29 is 15.1 Å². The van der Waals surface area contributed by atoms with E-state index in [1.54, 1.807) is 30.3 Å². The molecule has 134 valence electrons. The van der Waals surface area contributed by atoms with Crippen molar-refractivity contribution in [3.05, 3.63) is 69.8 Å². The lowest BCUT2D eigenvalue weighted by Crippen LogP contribution is -2.18. The lowest BCUT2D eigenvalue weighted by molar-refractivity contribution is -0.383. The van der Waals surface area contributed by atoms with Gasteiger partial charge in [-0.2, -0.15) is 0 Å². The first-order valence-corrected chi connectivity index (χ1v) is 9.09. The Hall–Kier alpha value is -3.28. The Kier molecular flexibility index (Phi) is 2.59. The molecule has 1 aromatic heterocycles. The summed E-state index contributed by atoms with van der Waals surface area (Å²) in [5.41, 5.74) is 2.20. The molecule has 7 rings (SSSR count). The Balaban J connectivity index is 1.65. The van der Waals surface area contributed by atoms with Crippen LogP contribution in [0.5, 0.6) is 11.8 Å². The SMILES string of the molecule is O=[N+]([O-])c1ccc(-n2c(O)c3c(c2O)[C@@H]2C=C[C@@H]3[C@@H]3C[C@@H]32)c2ccccc12. The summed E-state index contributed by atoms with van der Waals surface area (Å²) in [5.74, 6) is 1.50. The topological polar surface area (TPSA) is 88.5 Å². The van der Waals surface area contributed by atoms with Crippen LogP contribution in [-0.2, 0) is 0 Å². The molecule has 0 spiro atoms. The Morgan fingerprint density at radius 1 is 0.926 bits per heavy atom. The van der Waals surface area contributed by atoms with Crippen LogP contribution in [0.15, 0.2) is 48.6 Å². The normalized spacial score (nSPS) is 26.8. The minimum atomic E-state index is -0.413. The highest BCUT2D eigenvalue weighted by atomic mass is 16.6. The Morgan fingerprint density at radius 3 is 2.11 bits per heavy atom. The van der Waals surface area contributed by atoms with Gasteiger partial charge in [-0.05, 0) is 30.4 Å². The fraction of sp³-hybridized carbons (Fsp3) is 0.238. The smallest absolute Gasteiger partial charge is 0.277 e. The lowest BCUT2D eigenvalue weighted by Gasteiger charge is -2.30. The van der Waals surface area contributed by atoms with Crippen molar-refractivity contribution in [3.8, 4) is 17.4 Å². The summed E-state index contributed by atoms with van der Waals surface area (Å²) in [5, 5.41) is 34.6. The molecule has 6 nitrogen and oxygen atoms in total. The van der Waals surface area contributed by atoms with Crippen molar-refractivity contribution in [1.82, 2.24) is 4.57 Å². The number of non-ortho nitro benzene ring substituents is 1. The zero-order valence-electron chi connectivity index (χ0n) is 14.2. The third-order valence-electron chi connectivity index (χ3n) is 6.52. The number of rotatable bonds is 2. The molecule has 1 fully saturated rings. The summed E-state index contributed by atoms with van der Waals surface area (Å²) >= 11 is 0. The first kappa shape index (κ1) is 14.8. The molecule has 4 atom stereocenters. The highest BCUT2D eigenvalue weighted by molar-refractivity contribution is 5.97. The van der Waals surface area contributed by atoms with E-state index in [0.29, 0.717) is 28.3 Å². The van der Waals surface area contributed by atoms with Crippen molar-refractivity contribution in [2.45, 2.75) is 18.3 Å². The highest BCUT2D eigenvalue weighted by Gasteiger charge is 2.57. The molecule has 2 aromatic carbocycles. The molecule has 2 bridgehead atoms. The van der Waals surface area contributed by atoms with Crippen LogP contribution >= 0.6 is 0 Å². The van der Waals surface area contributed by atoms with Gasteiger partial charge in [0.1, 0.15) is 0 Å². The quantitative estimate of drug-likeness (QED) is 0.404. The third-order valence-corrected chi connectivity index (χ3v) is 6.52. The number of aromatic nitrogens is 1. The van der Waals surface area contributed by atoms with E-state index >= 15 is 0 Å². The number of fused-ring (bicyclic) bond motifs is 1. The number of allylic oxidation sites excluding steroid dienone is 2. The van der Waals surface area contributed by atoms with Crippen LogP contribution in [0.25, 0.3) is 16.5 Å².